The second-order valence-electron chi connectivity index (χ2n) is 9.66. The van der Waals surface area contributed by atoms with E-state index in [0.29, 0.717) is 12.6 Å². The molecule has 0 aliphatic rings. The summed E-state index contributed by atoms with van der Waals surface area (Å²) in [6.07, 6.45) is 12.1. The summed E-state index contributed by atoms with van der Waals surface area (Å²) in [7, 11) is 1.74. The van der Waals surface area contributed by atoms with Gasteiger partial charge < -0.3 is 10.1 Å². The highest BCUT2D eigenvalue weighted by atomic mass is 16.5. The van der Waals surface area contributed by atoms with Gasteiger partial charge in [0.05, 0.1) is 7.11 Å². The van der Waals surface area contributed by atoms with Gasteiger partial charge in [-0.05, 0) is 80.0 Å². The molecular weight excluding hydrogens is 458 g/mol. The predicted octanol–water partition coefficient (Wildman–Crippen LogP) is 6.09. The standard InChI is InChI=1S/C32H41N3O2/c1-26(2)35(23-20-30-12-6-7-13-31(30)37-3)25-29-16-14-27(15-17-29)10-5-4-8-22-34-32(36)19-18-28-11-9-21-33-24-28/h6-7,9,11-19,21,24,26H,4-5,8,10,20,22-23,25H2,1-3H3,(H,34,36)/b19-18+. The van der Waals surface area contributed by atoms with E-state index < -0.39 is 0 Å². The highest BCUT2D eigenvalue weighted by molar-refractivity contribution is 5.91. The van der Waals surface area contributed by atoms with Gasteiger partial charge in [-0.2, -0.15) is 0 Å². The van der Waals surface area contributed by atoms with Crippen molar-refractivity contribution in [3.05, 3.63) is 101 Å². The zero-order valence-electron chi connectivity index (χ0n) is 22.5. The Morgan fingerprint density at radius 1 is 0.973 bits per heavy atom. The van der Waals surface area contributed by atoms with Crippen molar-refractivity contribution >= 4 is 12.0 Å². The molecule has 0 radical (unpaired) electrons. The van der Waals surface area contributed by atoms with Crippen LogP contribution in [0.15, 0.2) is 79.1 Å². The van der Waals surface area contributed by atoms with E-state index in [1.54, 1.807) is 31.7 Å². The number of nitrogens with zero attached hydrogens (tertiary/aromatic N) is 2. The van der Waals surface area contributed by atoms with Crippen LogP contribution in [0, 0.1) is 0 Å². The van der Waals surface area contributed by atoms with Gasteiger partial charge in [-0.15, -0.1) is 0 Å². The Hall–Kier alpha value is -3.44. The Balaban J connectivity index is 1.34. The van der Waals surface area contributed by atoms with Crippen LogP contribution in [0.5, 0.6) is 5.75 Å². The number of aromatic nitrogens is 1. The molecule has 0 aliphatic carbocycles. The first-order chi connectivity index (χ1) is 18.0. The summed E-state index contributed by atoms with van der Waals surface area (Å²) in [5.41, 5.74) is 4.90. The molecule has 0 aliphatic heterocycles. The maximum absolute atomic E-state index is 11.9. The van der Waals surface area contributed by atoms with Gasteiger partial charge in [0.1, 0.15) is 5.75 Å². The summed E-state index contributed by atoms with van der Waals surface area (Å²) in [6.45, 7) is 7.17. The molecule has 3 aromatic rings. The third-order valence-electron chi connectivity index (χ3n) is 6.55. The third-order valence-corrected chi connectivity index (χ3v) is 6.55. The Bertz CT molecular complexity index is 1090. The summed E-state index contributed by atoms with van der Waals surface area (Å²) in [5.74, 6) is 0.911. The molecular formula is C32H41N3O2. The lowest BCUT2D eigenvalue weighted by atomic mass is 10.0. The zero-order chi connectivity index (χ0) is 26.3. The lowest BCUT2D eigenvalue weighted by Crippen LogP contribution is -2.32. The Morgan fingerprint density at radius 2 is 1.76 bits per heavy atom. The summed E-state index contributed by atoms with van der Waals surface area (Å²) in [5, 5.41) is 2.96. The predicted molar refractivity (Wildman–Crippen MR) is 153 cm³/mol. The van der Waals surface area contributed by atoms with Crippen molar-refractivity contribution in [2.24, 2.45) is 0 Å². The molecule has 1 N–H and O–H groups in total. The molecule has 1 amide bonds. The molecule has 2 aromatic carbocycles. The van der Waals surface area contributed by atoms with Gasteiger partial charge in [0.15, 0.2) is 0 Å². The summed E-state index contributed by atoms with van der Waals surface area (Å²) >= 11 is 0. The quantitative estimate of drug-likeness (QED) is 0.203. The number of pyridine rings is 1. The van der Waals surface area contributed by atoms with Crippen LogP contribution >= 0.6 is 0 Å². The fourth-order valence-corrected chi connectivity index (χ4v) is 4.29. The lowest BCUT2D eigenvalue weighted by Gasteiger charge is -2.27. The number of para-hydroxylation sites is 1. The largest absolute Gasteiger partial charge is 0.496 e. The molecule has 5 nitrogen and oxygen atoms in total. The van der Waals surface area contributed by atoms with Gasteiger partial charge in [0, 0.05) is 44.1 Å². The molecule has 0 atom stereocenters. The van der Waals surface area contributed by atoms with Crippen molar-refractivity contribution in [1.82, 2.24) is 15.2 Å². The number of rotatable bonds is 15. The fraction of sp³-hybridized carbons (Fsp3) is 0.375. The molecule has 196 valence electrons. The van der Waals surface area contributed by atoms with Crippen LogP contribution in [0.4, 0.5) is 0 Å². The van der Waals surface area contributed by atoms with Gasteiger partial charge in [0.2, 0.25) is 5.91 Å². The Morgan fingerprint density at radius 3 is 2.49 bits per heavy atom. The maximum Gasteiger partial charge on any atom is 0.243 e. The average molecular weight is 500 g/mol. The number of carbonyl (C=O) groups is 1. The van der Waals surface area contributed by atoms with Crippen LogP contribution in [0.1, 0.15) is 55.4 Å². The van der Waals surface area contributed by atoms with Crippen LogP contribution in [-0.2, 0) is 24.2 Å². The second-order valence-corrected chi connectivity index (χ2v) is 9.66. The van der Waals surface area contributed by atoms with E-state index in [9.17, 15) is 4.79 Å². The number of methoxy groups -OCH3 is 1. The summed E-state index contributed by atoms with van der Waals surface area (Å²) < 4.78 is 5.52. The highest BCUT2D eigenvalue weighted by Crippen LogP contribution is 2.19. The fourth-order valence-electron chi connectivity index (χ4n) is 4.29. The first-order valence-corrected chi connectivity index (χ1v) is 13.3. The van der Waals surface area contributed by atoms with E-state index in [4.69, 9.17) is 4.74 Å². The van der Waals surface area contributed by atoms with Crippen molar-refractivity contribution in [3.63, 3.8) is 0 Å². The molecule has 0 spiro atoms. The van der Waals surface area contributed by atoms with Crippen molar-refractivity contribution in [3.8, 4) is 5.75 Å². The van der Waals surface area contributed by atoms with Crippen LogP contribution in [0.2, 0.25) is 0 Å². The molecule has 3 rings (SSSR count). The topological polar surface area (TPSA) is 54.5 Å². The number of unbranched alkanes of at least 4 members (excludes halogenated alkanes) is 2. The molecule has 0 bridgehead atoms. The first-order valence-electron chi connectivity index (χ1n) is 13.3. The minimum atomic E-state index is -0.0576. The maximum atomic E-state index is 11.9. The van der Waals surface area contributed by atoms with E-state index in [2.05, 4.69) is 65.4 Å². The minimum Gasteiger partial charge on any atom is -0.496 e. The Labute approximate surface area is 222 Å². The number of hydrogen-bond donors (Lipinski definition) is 1. The molecule has 0 unspecified atom stereocenters. The molecule has 0 saturated heterocycles. The number of benzene rings is 2. The van der Waals surface area contributed by atoms with Crippen molar-refractivity contribution in [2.75, 3.05) is 20.2 Å². The number of hydrogen-bond acceptors (Lipinski definition) is 4. The molecule has 1 aromatic heterocycles. The molecule has 0 saturated carbocycles. The van der Waals surface area contributed by atoms with Gasteiger partial charge in [-0.3, -0.25) is 14.7 Å². The van der Waals surface area contributed by atoms with Gasteiger partial charge in [-0.25, -0.2) is 0 Å². The van der Waals surface area contributed by atoms with E-state index >= 15 is 0 Å². The summed E-state index contributed by atoms with van der Waals surface area (Å²) in [6, 6.07) is 21.6. The van der Waals surface area contributed by atoms with Crippen LogP contribution in [0.3, 0.4) is 0 Å². The van der Waals surface area contributed by atoms with Gasteiger partial charge >= 0.3 is 0 Å². The Kier molecular flexibility index (Phi) is 11.9. The van der Waals surface area contributed by atoms with Crippen LogP contribution < -0.4 is 10.1 Å². The van der Waals surface area contributed by atoms with E-state index in [-0.39, 0.29) is 5.91 Å². The number of carbonyl (C=O) groups excluding carboxylic acids is 1. The first kappa shape index (κ1) is 28.1. The second kappa shape index (κ2) is 15.6. The van der Waals surface area contributed by atoms with E-state index in [0.717, 1.165) is 56.5 Å². The normalized spacial score (nSPS) is 11.4. The van der Waals surface area contributed by atoms with Gasteiger partial charge in [-0.1, -0.05) is 55.0 Å². The van der Waals surface area contributed by atoms with Gasteiger partial charge in [0.25, 0.3) is 0 Å². The van der Waals surface area contributed by atoms with E-state index in [1.165, 1.54) is 16.7 Å². The lowest BCUT2D eigenvalue weighted by molar-refractivity contribution is -0.116. The monoisotopic (exact) mass is 499 g/mol. The van der Waals surface area contributed by atoms with E-state index in [1.807, 2.05) is 24.3 Å². The number of nitrogens with one attached hydrogen (secondary N) is 1. The molecule has 37 heavy (non-hydrogen) atoms. The molecule has 5 heteroatoms. The number of aryl methyl sites for hydroxylation is 1. The number of ether oxygens (including phenoxy) is 1. The van der Waals surface area contributed by atoms with Crippen molar-refractivity contribution < 1.29 is 9.53 Å². The highest BCUT2D eigenvalue weighted by Gasteiger charge is 2.12. The smallest absolute Gasteiger partial charge is 0.243 e. The van der Waals surface area contributed by atoms with Crippen molar-refractivity contribution in [2.45, 2.75) is 58.5 Å². The average Bonchev–Trinajstić information content (AvgIpc) is 2.93. The zero-order valence-corrected chi connectivity index (χ0v) is 22.5. The third kappa shape index (κ3) is 10.2. The summed E-state index contributed by atoms with van der Waals surface area (Å²) in [4.78, 5) is 18.5. The molecule has 1 heterocycles. The number of amides is 1. The van der Waals surface area contributed by atoms with Crippen molar-refractivity contribution in [1.29, 1.82) is 0 Å². The molecule has 0 fully saturated rings. The minimum absolute atomic E-state index is 0.0576. The SMILES string of the molecule is COc1ccccc1CCN(Cc1ccc(CCCCCNC(=O)/C=C/c2cccnc2)cc1)C(C)C. The van der Waals surface area contributed by atoms with Crippen LogP contribution in [-0.4, -0.2) is 42.0 Å². The van der Waals surface area contributed by atoms with Crippen LogP contribution in [0.25, 0.3) is 6.08 Å².